The van der Waals surface area contributed by atoms with Crippen molar-refractivity contribution in [1.29, 1.82) is 10.7 Å². The largest absolute Gasteiger partial charge is 0.475 e. The minimum atomic E-state index is -0.0847. The maximum absolute atomic E-state index is 12.2. The van der Waals surface area contributed by atoms with Crippen LogP contribution in [0.2, 0.25) is 5.02 Å². The number of aryl methyl sites for hydroxylation is 1. The Kier molecular flexibility index (Phi) is 8.38. The summed E-state index contributed by atoms with van der Waals surface area (Å²) in [5, 5.41) is 19.0. The summed E-state index contributed by atoms with van der Waals surface area (Å²) in [6.45, 7) is 10.4. The highest BCUT2D eigenvalue weighted by atomic mass is 35.5. The third-order valence-electron chi connectivity index (χ3n) is 8.52. The summed E-state index contributed by atoms with van der Waals surface area (Å²) in [4.78, 5) is 25.5. The Morgan fingerprint density at radius 1 is 1.27 bits per heavy atom. The molecule has 1 aromatic carbocycles. The van der Waals surface area contributed by atoms with Crippen molar-refractivity contribution in [2.75, 3.05) is 68.5 Å². The van der Waals surface area contributed by atoms with Gasteiger partial charge in [-0.2, -0.15) is 5.26 Å². The number of pyridine rings is 1. The van der Waals surface area contributed by atoms with Gasteiger partial charge < -0.3 is 35.5 Å². The van der Waals surface area contributed by atoms with Crippen LogP contribution in [0.5, 0.6) is 5.88 Å². The van der Waals surface area contributed by atoms with E-state index in [0.717, 1.165) is 47.6 Å². The van der Waals surface area contributed by atoms with Gasteiger partial charge in [0.2, 0.25) is 11.8 Å². The van der Waals surface area contributed by atoms with Gasteiger partial charge in [-0.3, -0.25) is 4.79 Å². The van der Waals surface area contributed by atoms with E-state index in [1.165, 1.54) is 12.3 Å². The number of nitrogen functional groups attached to an aromatic ring is 1. The van der Waals surface area contributed by atoms with Crippen molar-refractivity contribution in [2.45, 2.75) is 38.8 Å². The number of carbonyl (C=O) groups is 1. The molecule has 216 valence electrons. The fraction of sp³-hybridized carbons (Fsp3) is 0.467. The second-order valence-corrected chi connectivity index (χ2v) is 11.3. The number of nitrogens with two attached hydrogens (primary N) is 1. The lowest BCUT2D eigenvalue weighted by Crippen LogP contribution is -2.49. The van der Waals surface area contributed by atoms with Crippen molar-refractivity contribution >= 4 is 40.8 Å². The van der Waals surface area contributed by atoms with Crippen LogP contribution in [-0.2, 0) is 17.8 Å². The number of anilines is 3. The second-order valence-electron chi connectivity index (χ2n) is 11.0. The molecule has 2 saturated heterocycles. The van der Waals surface area contributed by atoms with Crippen LogP contribution in [-0.4, -0.2) is 85.9 Å². The molecule has 5 rings (SSSR count). The monoisotopic (exact) mass is 576 g/mol. The van der Waals surface area contributed by atoms with E-state index in [-0.39, 0.29) is 11.9 Å². The van der Waals surface area contributed by atoms with Crippen LogP contribution >= 0.6 is 11.6 Å². The van der Waals surface area contributed by atoms with Crippen LogP contribution in [0.15, 0.2) is 18.7 Å². The number of piperazine rings is 1. The van der Waals surface area contributed by atoms with E-state index in [1.54, 1.807) is 11.0 Å². The fourth-order valence-corrected chi connectivity index (χ4v) is 6.48. The Morgan fingerprint density at radius 3 is 2.66 bits per heavy atom. The summed E-state index contributed by atoms with van der Waals surface area (Å²) in [6.07, 6.45) is 5.39. The van der Waals surface area contributed by atoms with Crippen molar-refractivity contribution in [2.24, 2.45) is 0 Å². The number of hydrogen-bond donors (Lipinski definition) is 2. The molecule has 10 nitrogen and oxygen atoms in total. The van der Waals surface area contributed by atoms with E-state index in [0.29, 0.717) is 80.0 Å². The molecule has 1 atom stereocenters. The first-order valence-electron chi connectivity index (χ1n) is 14.1. The normalized spacial score (nSPS) is 19.1. The van der Waals surface area contributed by atoms with Crippen molar-refractivity contribution in [3.8, 4) is 11.9 Å². The number of nitriles is 1. The van der Waals surface area contributed by atoms with Gasteiger partial charge in [0.15, 0.2) is 0 Å². The molecule has 4 heterocycles. The number of aromatic nitrogens is 1. The number of ether oxygens (including phenoxy) is 1. The van der Waals surface area contributed by atoms with E-state index in [1.807, 2.05) is 6.92 Å². The van der Waals surface area contributed by atoms with Crippen LogP contribution < -0.4 is 20.3 Å². The number of likely N-dealkylation sites (tertiary alicyclic amines) is 1. The highest BCUT2D eigenvalue weighted by Crippen LogP contribution is 2.41. The fourth-order valence-electron chi connectivity index (χ4n) is 6.20. The van der Waals surface area contributed by atoms with E-state index in [4.69, 9.17) is 32.5 Å². The zero-order chi connectivity index (χ0) is 29.3. The van der Waals surface area contributed by atoms with E-state index < -0.39 is 0 Å². The Labute approximate surface area is 246 Å². The molecule has 2 aromatic rings. The van der Waals surface area contributed by atoms with Gasteiger partial charge in [0.25, 0.3) is 0 Å². The van der Waals surface area contributed by atoms with Gasteiger partial charge in [0.1, 0.15) is 18.2 Å². The first-order valence-corrected chi connectivity index (χ1v) is 14.4. The average Bonchev–Trinajstić information content (AvgIpc) is 3.40. The Bertz CT molecular complexity index is 1410. The molecule has 0 bridgehead atoms. The van der Waals surface area contributed by atoms with E-state index in [9.17, 15) is 10.1 Å². The Balaban J connectivity index is 1.54. The van der Waals surface area contributed by atoms with Crippen molar-refractivity contribution < 1.29 is 9.53 Å². The summed E-state index contributed by atoms with van der Waals surface area (Å²) in [7, 11) is 2.10. The van der Waals surface area contributed by atoms with Gasteiger partial charge in [-0.05, 0) is 57.5 Å². The van der Waals surface area contributed by atoms with Crippen LogP contribution in [0, 0.1) is 23.7 Å². The number of nitrogens with zero attached hydrogens (tertiary/aromatic N) is 6. The maximum atomic E-state index is 12.2. The number of nitrogens with one attached hydrogen (secondary N) is 1. The molecule has 0 radical (unpaired) electrons. The molecular weight excluding hydrogens is 540 g/mol. The Morgan fingerprint density at radius 2 is 2.02 bits per heavy atom. The first-order chi connectivity index (χ1) is 19.8. The van der Waals surface area contributed by atoms with Gasteiger partial charge >= 0.3 is 0 Å². The minimum absolute atomic E-state index is 0.0847. The van der Waals surface area contributed by atoms with Gasteiger partial charge in [-0.25, -0.2) is 4.98 Å². The van der Waals surface area contributed by atoms with Crippen LogP contribution in [0.3, 0.4) is 0 Å². The molecule has 41 heavy (non-hydrogen) atoms. The van der Waals surface area contributed by atoms with E-state index in [2.05, 4.69) is 34.4 Å². The molecule has 2 fully saturated rings. The lowest BCUT2D eigenvalue weighted by molar-refractivity contribution is -0.126. The Hall–Kier alpha value is -3.81. The SMILES string of the molecule is C=CC(=O)N1CCN(c2c(C#N)c(OC[C@@H]3CCCN3C)nc3c2CCN(c2c(Cl)c(C)cc(N)c2C=N)C3)CC1. The quantitative estimate of drug-likeness (QED) is 0.292. The minimum Gasteiger partial charge on any atom is -0.475 e. The van der Waals surface area contributed by atoms with Crippen molar-refractivity contribution in [3.63, 3.8) is 0 Å². The zero-order valence-corrected chi connectivity index (χ0v) is 24.5. The topological polar surface area (TPSA) is 126 Å². The zero-order valence-electron chi connectivity index (χ0n) is 23.7. The first kappa shape index (κ1) is 28.7. The smallest absolute Gasteiger partial charge is 0.246 e. The molecule has 1 aromatic heterocycles. The van der Waals surface area contributed by atoms with Crippen molar-refractivity contribution in [3.05, 3.63) is 51.7 Å². The van der Waals surface area contributed by atoms with Gasteiger partial charge in [-0.15, -0.1) is 0 Å². The molecule has 11 heteroatoms. The summed E-state index contributed by atoms with van der Waals surface area (Å²) < 4.78 is 6.32. The molecule has 1 amide bonds. The van der Waals surface area contributed by atoms with E-state index >= 15 is 0 Å². The predicted molar refractivity (Wildman–Crippen MR) is 162 cm³/mol. The van der Waals surface area contributed by atoms with Crippen LogP contribution in [0.4, 0.5) is 17.1 Å². The molecule has 3 aliphatic heterocycles. The van der Waals surface area contributed by atoms with Crippen LogP contribution in [0.25, 0.3) is 0 Å². The average molecular weight is 577 g/mol. The van der Waals surface area contributed by atoms with Gasteiger partial charge in [0, 0.05) is 61.8 Å². The van der Waals surface area contributed by atoms with Crippen molar-refractivity contribution in [1.82, 2.24) is 14.8 Å². The number of rotatable bonds is 7. The lowest BCUT2D eigenvalue weighted by Gasteiger charge is -2.39. The third-order valence-corrected chi connectivity index (χ3v) is 9.00. The summed E-state index contributed by atoms with van der Waals surface area (Å²) in [6, 6.07) is 4.48. The van der Waals surface area contributed by atoms with Crippen LogP contribution in [0.1, 0.15) is 40.8 Å². The molecule has 0 aliphatic carbocycles. The highest BCUT2D eigenvalue weighted by Gasteiger charge is 2.33. The summed E-state index contributed by atoms with van der Waals surface area (Å²) in [5.41, 5.74) is 12.1. The number of hydrogen-bond acceptors (Lipinski definition) is 9. The number of carbonyl (C=O) groups excluding carboxylic acids is 1. The standard InChI is InChI=1S/C30H37ClN8O2/c1-4-26(40)37-10-12-38(13-11-37)28-21-7-9-39(29-22(15-32)24(34)14-19(2)27(29)31)17-25(21)35-30(23(28)16-33)41-18-20-6-5-8-36(20)3/h4,14-15,20,32H,1,5-13,17-18,34H2,2-3H3/t20-/m0/s1. The number of fused-ring (bicyclic) bond motifs is 1. The lowest BCUT2D eigenvalue weighted by atomic mass is 9.96. The van der Waals surface area contributed by atoms with Gasteiger partial charge in [0.05, 0.1) is 28.6 Å². The maximum Gasteiger partial charge on any atom is 0.246 e. The molecule has 3 aliphatic rings. The summed E-state index contributed by atoms with van der Waals surface area (Å²) in [5.74, 6) is 0.258. The predicted octanol–water partition coefficient (Wildman–Crippen LogP) is 3.37. The van der Waals surface area contributed by atoms with Gasteiger partial charge in [-0.1, -0.05) is 18.2 Å². The number of likely N-dealkylation sites (N-methyl/N-ethyl adjacent to an activating group) is 1. The number of benzene rings is 1. The molecule has 0 saturated carbocycles. The molecule has 0 unspecified atom stereocenters. The highest BCUT2D eigenvalue weighted by molar-refractivity contribution is 6.35. The molecule has 0 spiro atoms. The molecular formula is C30H37ClN8O2. The third kappa shape index (κ3) is 5.44. The number of halogens is 1. The molecule has 3 N–H and O–H groups in total. The summed E-state index contributed by atoms with van der Waals surface area (Å²) >= 11 is 6.79. The number of amides is 1. The second kappa shape index (κ2) is 12.0.